The van der Waals surface area contributed by atoms with Gasteiger partial charge in [-0.15, -0.1) is 0 Å². The molecule has 0 aliphatic heterocycles. The first-order valence-corrected chi connectivity index (χ1v) is 11.0. The molecule has 0 unspecified atom stereocenters. The predicted octanol–water partition coefficient (Wildman–Crippen LogP) is 0.154. The number of aromatic nitrogens is 2. The molecule has 0 bridgehead atoms. The molecule has 0 atom stereocenters. The zero-order valence-electron chi connectivity index (χ0n) is 20.1. The summed E-state index contributed by atoms with van der Waals surface area (Å²) in [6, 6.07) is 13.9. The van der Waals surface area contributed by atoms with Gasteiger partial charge in [-0.25, -0.2) is 9.78 Å². The molecular formula is C26H27N2NaO5. The first kappa shape index (κ1) is 27.5. The standard InChI is InChI=1S/C26H28N2O5.Na/c1-4-6-11-22-27-17(3)23(26(32)33-5-2)24(29)28(22)16-18-12-14-19(15-13-18)20-9-7-8-10-21(20)25(30)31;/h7-10,12-15H,4-6,11,16H2,1-3H3,(H,30,31);/q;+1/p-1. The average molecular weight is 471 g/mol. The number of aryl methyl sites for hydroxylation is 2. The third kappa shape index (κ3) is 6.23. The second kappa shape index (κ2) is 12.6. The molecule has 2 aromatic carbocycles. The molecule has 0 spiro atoms. The van der Waals surface area contributed by atoms with Crippen LogP contribution in [0.3, 0.4) is 0 Å². The van der Waals surface area contributed by atoms with Gasteiger partial charge in [0.2, 0.25) is 0 Å². The van der Waals surface area contributed by atoms with Crippen LogP contribution in [0.25, 0.3) is 11.1 Å². The van der Waals surface area contributed by atoms with Gasteiger partial charge in [-0.1, -0.05) is 61.9 Å². The van der Waals surface area contributed by atoms with Crippen molar-refractivity contribution in [1.29, 1.82) is 0 Å². The van der Waals surface area contributed by atoms with E-state index >= 15 is 0 Å². The van der Waals surface area contributed by atoms with Crippen molar-refractivity contribution >= 4 is 11.9 Å². The summed E-state index contributed by atoms with van der Waals surface area (Å²) in [5, 5.41) is 11.4. The summed E-state index contributed by atoms with van der Waals surface area (Å²) in [4.78, 5) is 41.6. The Labute approximate surface area is 221 Å². The third-order valence-corrected chi connectivity index (χ3v) is 5.42. The summed E-state index contributed by atoms with van der Waals surface area (Å²) in [7, 11) is 0. The van der Waals surface area contributed by atoms with Gasteiger partial charge < -0.3 is 14.6 Å². The number of carbonyl (C=O) groups is 2. The summed E-state index contributed by atoms with van der Waals surface area (Å²) in [6.45, 7) is 5.81. The van der Waals surface area contributed by atoms with Gasteiger partial charge in [0, 0.05) is 12.0 Å². The van der Waals surface area contributed by atoms with Gasteiger partial charge in [-0.3, -0.25) is 9.36 Å². The van der Waals surface area contributed by atoms with E-state index in [9.17, 15) is 19.5 Å². The molecule has 0 saturated heterocycles. The Hall–Kier alpha value is -2.74. The first-order valence-electron chi connectivity index (χ1n) is 11.0. The summed E-state index contributed by atoms with van der Waals surface area (Å²) in [5.41, 5.74) is 2.14. The number of benzene rings is 2. The molecule has 0 N–H and O–H groups in total. The molecule has 172 valence electrons. The van der Waals surface area contributed by atoms with Gasteiger partial charge in [0.1, 0.15) is 11.4 Å². The van der Waals surface area contributed by atoms with Crippen LogP contribution in [0.1, 0.15) is 64.5 Å². The van der Waals surface area contributed by atoms with E-state index in [2.05, 4.69) is 11.9 Å². The average Bonchev–Trinajstić information content (AvgIpc) is 2.80. The molecule has 0 aliphatic rings. The zero-order valence-corrected chi connectivity index (χ0v) is 22.1. The molecule has 34 heavy (non-hydrogen) atoms. The molecule has 7 nitrogen and oxygen atoms in total. The van der Waals surface area contributed by atoms with E-state index in [4.69, 9.17) is 4.74 Å². The predicted molar refractivity (Wildman–Crippen MR) is 123 cm³/mol. The maximum atomic E-state index is 13.3. The molecule has 1 aromatic heterocycles. The van der Waals surface area contributed by atoms with Crippen molar-refractivity contribution in [1.82, 2.24) is 9.55 Å². The Kier molecular flexibility index (Phi) is 10.2. The van der Waals surface area contributed by atoms with E-state index in [-0.39, 0.29) is 53.8 Å². The van der Waals surface area contributed by atoms with Gasteiger partial charge in [-0.05, 0) is 37.0 Å². The largest absolute Gasteiger partial charge is 1.00 e. The first-order chi connectivity index (χ1) is 15.9. The summed E-state index contributed by atoms with van der Waals surface area (Å²) in [6.07, 6.45) is 2.43. The number of hydrogen-bond acceptors (Lipinski definition) is 6. The van der Waals surface area contributed by atoms with Crippen molar-refractivity contribution in [3.8, 4) is 11.1 Å². The van der Waals surface area contributed by atoms with Crippen molar-refractivity contribution in [3.63, 3.8) is 0 Å². The maximum Gasteiger partial charge on any atom is 1.00 e. The van der Waals surface area contributed by atoms with Gasteiger partial charge in [-0.2, -0.15) is 0 Å². The molecule has 3 rings (SSSR count). The Balaban J connectivity index is 0.00000408. The van der Waals surface area contributed by atoms with E-state index in [0.29, 0.717) is 23.5 Å². The van der Waals surface area contributed by atoms with E-state index in [0.717, 1.165) is 24.0 Å². The van der Waals surface area contributed by atoms with Crippen LogP contribution in [0.2, 0.25) is 0 Å². The number of unbranched alkanes of at least 4 members (excludes halogenated alkanes) is 1. The molecule has 0 saturated carbocycles. The maximum absolute atomic E-state index is 13.3. The molecule has 8 heteroatoms. The molecular weight excluding hydrogens is 443 g/mol. The van der Waals surface area contributed by atoms with Crippen molar-refractivity contribution in [3.05, 3.63) is 87.1 Å². The van der Waals surface area contributed by atoms with E-state index in [1.807, 2.05) is 24.3 Å². The van der Waals surface area contributed by atoms with Crippen molar-refractivity contribution in [2.45, 2.75) is 46.6 Å². The van der Waals surface area contributed by atoms with Gasteiger partial charge in [0.05, 0.1) is 24.8 Å². The van der Waals surface area contributed by atoms with Crippen LogP contribution in [0, 0.1) is 6.92 Å². The monoisotopic (exact) mass is 470 g/mol. The molecule has 0 radical (unpaired) electrons. The summed E-state index contributed by atoms with van der Waals surface area (Å²) < 4.78 is 6.59. The zero-order chi connectivity index (χ0) is 24.0. The topological polar surface area (TPSA) is 101 Å². The van der Waals surface area contributed by atoms with Crippen LogP contribution in [0.4, 0.5) is 0 Å². The fourth-order valence-corrected chi connectivity index (χ4v) is 3.73. The minimum absolute atomic E-state index is 0. The molecule has 0 fully saturated rings. The fraction of sp³-hybridized carbons (Fsp3) is 0.308. The molecule has 1 heterocycles. The number of aromatic carboxylic acids is 1. The fourth-order valence-electron chi connectivity index (χ4n) is 3.73. The molecule has 0 amide bonds. The van der Waals surface area contributed by atoms with Crippen LogP contribution >= 0.6 is 0 Å². The van der Waals surface area contributed by atoms with E-state index in [1.54, 1.807) is 32.0 Å². The Morgan fingerprint density at radius 2 is 1.74 bits per heavy atom. The Morgan fingerprint density at radius 3 is 2.35 bits per heavy atom. The number of hydrogen-bond donors (Lipinski definition) is 0. The van der Waals surface area contributed by atoms with Crippen molar-refractivity contribution < 1.29 is 49.0 Å². The van der Waals surface area contributed by atoms with E-state index < -0.39 is 17.5 Å². The molecule has 3 aromatic rings. The second-order valence-electron chi connectivity index (χ2n) is 7.73. The SMILES string of the molecule is CCCCc1nc(C)c(C(=O)OCC)c(=O)n1Cc1ccc(-c2ccccc2C(=O)[O-])cc1.[Na+]. The van der Waals surface area contributed by atoms with Crippen LogP contribution in [-0.4, -0.2) is 28.1 Å². The number of rotatable bonds is 9. The quantitative estimate of drug-likeness (QED) is 0.326. The van der Waals surface area contributed by atoms with Crippen LogP contribution in [0.15, 0.2) is 53.3 Å². The van der Waals surface area contributed by atoms with Crippen LogP contribution in [0.5, 0.6) is 0 Å². The minimum Gasteiger partial charge on any atom is -0.545 e. The van der Waals surface area contributed by atoms with Crippen LogP contribution in [-0.2, 0) is 17.7 Å². The Bertz CT molecular complexity index is 1220. The number of esters is 1. The number of nitrogens with zero attached hydrogens (tertiary/aromatic N) is 2. The van der Waals surface area contributed by atoms with Gasteiger partial charge >= 0.3 is 35.5 Å². The second-order valence-corrected chi connectivity index (χ2v) is 7.73. The third-order valence-electron chi connectivity index (χ3n) is 5.42. The van der Waals surface area contributed by atoms with E-state index in [1.165, 1.54) is 10.6 Å². The van der Waals surface area contributed by atoms with Gasteiger partial charge in [0.25, 0.3) is 5.56 Å². The Morgan fingerprint density at radius 1 is 1.06 bits per heavy atom. The number of carboxylic acids is 1. The van der Waals surface area contributed by atoms with Crippen LogP contribution < -0.4 is 40.2 Å². The van der Waals surface area contributed by atoms with Crippen molar-refractivity contribution in [2.75, 3.05) is 6.61 Å². The minimum atomic E-state index is -1.24. The molecule has 0 aliphatic carbocycles. The van der Waals surface area contributed by atoms with Gasteiger partial charge in [0.15, 0.2) is 0 Å². The number of carboxylic acid groups (broad SMARTS) is 1. The smallest absolute Gasteiger partial charge is 0.545 e. The number of carbonyl (C=O) groups excluding carboxylic acids is 2. The summed E-state index contributed by atoms with van der Waals surface area (Å²) in [5.74, 6) is -1.28. The normalized spacial score (nSPS) is 10.4. The van der Waals surface area contributed by atoms with Crippen molar-refractivity contribution in [2.24, 2.45) is 0 Å². The number of ether oxygens (including phenoxy) is 1. The summed E-state index contributed by atoms with van der Waals surface area (Å²) >= 11 is 0.